The summed E-state index contributed by atoms with van der Waals surface area (Å²) in [6, 6.07) is 0. The number of aromatic hydroxyl groups is 1. The third kappa shape index (κ3) is 2.82. The van der Waals surface area contributed by atoms with E-state index in [1.807, 2.05) is 0 Å². The van der Waals surface area contributed by atoms with Gasteiger partial charge in [0, 0.05) is 0 Å². The van der Waals surface area contributed by atoms with Crippen molar-refractivity contribution in [1.82, 2.24) is 4.98 Å². The minimum atomic E-state index is -2.97. The molecule has 1 aromatic heterocycles. The number of ether oxygens (including phenoxy) is 1. The maximum absolute atomic E-state index is 12.8. The van der Waals surface area contributed by atoms with Crippen LogP contribution in [0.2, 0.25) is 0 Å². The van der Waals surface area contributed by atoms with Crippen LogP contribution in [0, 0.1) is 0 Å². The highest BCUT2D eigenvalue weighted by atomic mass is 35.5. The van der Waals surface area contributed by atoms with Crippen LogP contribution in [0.15, 0.2) is 6.20 Å². The normalized spacial score (nSPS) is 10.6. The summed E-state index contributed by atoms with van der Waals surface area (Å²) in [4.78, 5) is 15.0. The van der Waals surface area contributed by atoms with Gasteiger partial charge < -0.3 is 9.84 Å². The van der Waals surface area contributed by atoms with Gasteiger partial charge in [-0.1, -0.05) is 0 Å². The van der Waals surface area contributed by atoms with Crippen LogP contribution in [0.5, 0.6) is 5.75 Å². The van der Waals surface area contributed by atoms with E-state index in [0.29, 0.717) is 0 Å². The lowest BCUT2D eigenvalue weighted by atomic mass is 10.1. The second kappa shape index (κ2) is 5.77. The van der Waals surface area contributed by atoms with E-state index in [1.54, 1.807) is 0 Å². The topological polar surface area (TPSA) is 59.4 Å². The Morgan fingerprint density at radius 3 is 2.76 bits per heavy atom. The molecular formula is C10H10ClF2NO3. The summed E-state index contributed by atoms with van der Waals surface area (Å²) in [5.74, 6) is -1.95. The van der Waals surface area contributed by atoms with Gasteiger partial charge >= 0.3 is 5.97 Å². The average molecular weight is 266 g/mol. The van der Waals surface area contributed by atoms with Gasteiger partial charge in [0.05, 0.1) is 29.9 Å². The van der Waals surface area contributed by atoms with Crippen LogP contribution in [0.4, 0.5) is 8.78 Å². The molecule has 17 heavy (non-hydrogen) atoms. The molecule has 0 unspecified atom stereocenters. The fourth-order valence-electron chi connectivity index (χ4n) is 1.31. The summed E-state index contributed by atoms with van der Waals surface area (Å²) >= 11 is 5.45. The highest BCUT2D eigenvalue weighted by Crippen LogP contribution is 2.32. The number of halogens is 3. The van der Waals surface area contributed by atoms with E-state index in [4.69, 9.17) is 11.6 Å². The third-order valence-electron chi connectivity index (χ3n) is 2.00. The molecule has 0 saturated heterocycles. The number of aromatic nitrogens is 1. The molecule has 0 radical (unpaired) electrons. The monoisotopic (exact) mass is 265 g/mol. The zero-order valence-corrected chi connectivity index (χ0v) is 9.67. The van der Waals surface area contributed by atoms with Gasteiger partial charge in [-0.25, -0.2) is 13.6 Å². The van der Waals surface area contributed by atoms with Crippen LogP contribution in [0.3, 0.4) is 0 Å². The molecule has 4 nitrogen and oxygen atoms in total. The Bertz CT molecular complexity index is 426. The second-order valence-corrected chi connectivity index (χ2v) is 3.30. The van der Waals surface area contributed by atoms with Crippen LogP contribution in [0.1, 0.15) is 35.0 Å². The maximum Gasteiger partial charge on any atom is 0.342 e. The standard InChI is InChI=1S/C10H10ClF2NO3/c1-2-17-10(16)8-6(15)4-14-5(3-11)7(8)9(12)13/h4,9,15H,2-3H2,1H3. The first-order chi connectivity index (χ1) is 8.02. The Morgan fingerprint density at radius 2 is 2.29 bits per heavy atom. The van der Waals surface area contributed by atoms with E-state index in [-0.39, 0.29) is 18.2 Å². The summed E-state index contributed by atoms with van der Waals surface area (Å²) in [5, 5.41) is 9.42. The zero-order valence-electron chi connectivity index (χ0n) is 8.91. The molecule has 0 saturated carbocycles. The number of rotatable bonds is 4. The molecule has 0 amide bonds. The van der Waals surface area contributed by atoms with Crippen molar-refractivity contribution in [3.8, 4) is 5.75 Å². The van der Waals surface area contributed by atoms with Gasteiger partial charge in [0.2, 0.25) is 0 Å². The first-order valence-corrected chi connectivity index (χ1v) is 5.28. The summed E-state index contributed by atoms with van der Waals surface area (Å²) in [6.45, 7) is 1.54. The van der Waals surface area contributed by atoms with Gasteiger partial charge in [-0.15, -0.1) is 11.6 Å². The summed E-state index contributed by atoms with van der Waals surface area (Å²) in [7, 11) is 0. The third-order valence-corrected chi connectivity index (χ3v) is 2.26. The van der Waals surface area contributed by atoms with Crippen molar-refractivity contribution in [1.29, 1.82) is 0 Å². The molecule has 0 aliphatic rings. The van der Waals surface area contributed by atoms with Gasteiger partial charge in [-0.05, 0) is 6.92 Å². The van der Waals surface area contributed by atoms with E-state index >= 15 is 0 Å². The van der Waals surface area contributed by atoms with E-state index in [1.165, 1.54) is 6.92 Å². The molecule has 0 aliphatic carbocycles. The zero-order chi connectivity index (χ0) is 13.0. The minimum Gasteiger partial charge on any atom is -0.505 e. The number of pyridine rings is 1. The highest BCUT2D eigenvalue weighted by molar-refractivity contribution is 6.17. The van der Waals surface area contributed by atoms with Crippen molar-refractivity contribution in [3.05, 3.63) is 23.0 Å². The Kier molecular flexibility index (Phi) is 4.62. The second-order valence-electron chi connectivity index (χ2n) is 3.03. The van der Waals surface area contributed by atoms with Gasteiger partial charge in [-0.2, -0.15) is 0 Å². The van der Waals surface area contributed by atoms with Crippen LogP contribution < -0.4 is 0 Å². The molecular weight excluding hydrogens is 256 g/mol. The van der Waals surface area contributed by atoms with Crippen molar-refractivity contribution >= 4 is 17.6 Å². The lowest BCUT2D eigenvalue weighted by Crippen LogP contribution is -2.12. The molecule has 94 valence electrons. The quantitative estimate of drug-likeness (QED) is 0.672. The number of nitrogens with zero attached hydrogens (tertiary/aromatic N) is 1. The largest absolute Gasteiger partial charge is 0.505 e. The van der Waals surface area contributed by atoms with Crippen molar-refractivity contribution in [2.45, 2.75) is 19.2 Å². The number of hydrogen-bond donors (Lipinski definition) is 1. The minimum absolute atomic E-state index is 0.0134. The number of hydrogen-bond acceptors (Lipinski definition) is 4. The lowest BCUT2D eigenvalue weighted by Gasteiger charge is -2.12. The Labute approximate surface area is 101 Å². The van der Waals surface area contributed by atoms with Crippen molar-refractivity contribution in [2.24, 2.45) is 0 Å². The van der Waals surface area contributed by atoms with Crippen molar-refractivity contribution < 1.29 is 23.4 Å². The van der Waals surface area contributed by atoms with Gasteiger partial charge in [0.25, 0.3) is 6.43 Å². The fraction of sp³-hybridized carbons (Fsp3) is 0.400. The predicted octanol–water partition coefficient (Wildman–Crippen LogP) is 2.64. The first kappa shape index (κ1) is 13.6. The van der Waals surface area contributed by atoms with E-state index in [2.05, 4.69) is 9.72 Å². The first-order valence-electron chi connectivity index (χ1n) is 4.74. The molecule has 0 spiro atoms. The smallest absolute Gasteiger partial charge is 0.342 e. The Balaban J connectivity index is 3.38. The molecule has 1 aromatic rings. The predicted molar refractivity (Wildman–Crippen MR) is 56.4 cm³/mol. The van der Waals surface area contributed by atoms with Crippen LogP contribution in [-0.2, 0) is 10.6 Å². The summed E-state index contributed by atoms with van der Waals surface area (Å²) in [6.07, 6.45) is -2.07. The van der Waals surface area contributed by atoms with Gasteiger partial charge in [-0.3, -0.25) is 4.98 Å². The van der Waals surface area contributed by atoms with Gasteiger partial charge in [0.1, 0.15) is 11.3 Å². The maximum atomic E-state index is 12.8. The van der Waals surface area contributed by atoms with E-state index in [9.17, 15) is 18.7 Å². The molecule has 0 aliphatic heterocycles. The Hall–Kier alpha value is -1.43. The SMILES string of the molecule is CCOC(=O)c1c(O)cnc(CCl)c1C(F)F. The van der Waals surface area contributed by atoms with E-state index < -0.39 is 29.3 Å². The Morgan fingerprint density at radius 1 is 1.65 bits per heavy atom. The van der Waals surface area contributed by atoms with Crippen molar-refractivity contribution in [3.63, 3.8) is 0 Å². The average Bonchev–Trinajstić information content (AvgIpc) is 2.28. The fourth-order valence-corrected chi connectivity index (χ4v) is 1.53. The number of carbonyl (C=O) groups is 1. The van der Waals surface area contributed by atoms with Gasteiger partial charge in [0.15, 0.2) is 0 Å². The molecule has 1 heterocycles. The molecule has 0 atom stereocenters. The molecule has 7 heteroatoms. The molecule has 0 aromatic carbocycles. The van der Waals surface area contributed by atoms with Crippen molar-refractivity contribution in [2.75, 3.05) is 6.61 Å². The van der Waals surface area contributed by atoms with Crippen LogP contribution >= 0.6 is 11.6 Å². The van der Waals surface area contributed by atoms with Crippen LogP contribution in [0.25, 0.3) is 0 Å². The molecule has 1 N–H and O–H groups in total. The number of esters is 1. The molecule has 0 fully saturated rings. The summed E-state index contributed by atoms with van der Waals surface area (Å²) < 4.78 is 30.3. The number of alkyl halides is 3. The summed E-state index contributed by atoms with van der Waals surface area (Å²) in [5.41, 5.74) is -1.41. The lowest BCUT2D eigenvalue weighted by molar-refractivity contribution is 0.0510. The van der Waals surface area contributed by atoms with Crippen LogP contribution in [-0.4, -0.2) is 22.7 Å². The molecule has 0 bridgehead atoms. The van der Waals surface area contributed by atoms with E-state index in [0.717, 1.165) is 6.20 Å². The molecule has 1 rings (SSSR count). The highest BCUT2D eigenvalue weighted by Gasteiger charge is 2.27. The number of carbonyl (C=O) groups excluding carboxylic acids is 1.